The van der Waals surface area contributed by atoms with Crippen LogP contribution in [-0.4, -0.2) is 23.0 Å². The highest BCUT2D eigenvalue weighted by Crippen LogP contribution is 3.00. The lowest BCUT2D eigenvalue weighted by atomic mass is 10.5. The van der Waals surface area contributed by atoms with Crippen LogP contribution in [0.3, 0.4) is 0 Å². The van der Waals surface area contributed by atoms with Gasteiger partial charge in [-0.1, -0.05) is 63.0 Å². The van der Waals surface area contributed by atoms with E-state index in [2.05, 4.69) is 61.1 Å². The van der Waals surface area contributed by atoms with E-state index in [1.54, 1.807) is 8.47 Å². The van der Waals surface area contributed by atoms with Crippen molar-refractivity contribution in [3.63, 3.8) is 0 Å². The van der Waals surface area contributed by atoms with Gasteiger partial charge in [-0.3, -0.25) is 0 Å². The first-order valence-corrected chi connectivity index (χ1v) is 14.5. The van der Waals surface area contributed by atoms with E-state index < -0.39 is 8.29 Å². The van der Waals surface area contributed by atoms with E-state index >= 15 is 0 Å². The second-order valence-corrected chi connectivity index (χ2v) is 17.6. The quantitative estimate of drug-likeness (QED) is 0.424. The van der Waals surface area contributed by atoms with Crippen molar-refractivity contribution in [2.24, 2.45) is 0 Å². The van der Waals surface area contributed by atoms with Crippen molar-refractivity contribution in [3.8, 4) is 0 Å². The van der Waals surface area contributed by atoms with Crippen LogP contribution < -0.4 is 0 Å². The Hall–Kier alpha value is 0.620. The predicted molar refractivity (Wildman–Crippen MR) is 116 cm³/mol. The summed E-state index contributed by atoms with van der Waals surface area (Å²) in [4.78, 5) is 0. The molecule has 0 radical (unpaired) electrons. The predicted octanol–water partition coefficient (Wildman–Crippen LogP) is 7.80. The van der Waals surface area contributed by atoms with E-state index in [1.807, 2.05) is 23.5 Å². The van der Waals surface area contributed by atoms with E-state index in [0.717, 1.165) is 0 Å². The highest BCUT2D eigenvalue weighted by Gasteiger charge is 2.62. The van der Waals surface area contributed by atoms with Crippen LogP contribution in [0.25, 0.3) is 0 Å². The van der Waals surface area contributed by atoms with E-state index in [9.17, 15) is 0 Å². The Bertz CT molecular complexity index is 464. The molecule has 0 spiro atoms. The molecule has 0 aromatic carbocycles. The lowest BCUT2D eigenvalue weighted by molar-refractivity contribution is 0.955. The van der Waals surface area contributed by atoms with E-state index in [0.29, 0.717) is 0 Å². The van der Waals surface area contributed by atoms with Gasteiger partial charge in [0.15, 0.2) is 0 Å². The largest absolute Gasteiger partial charge is 0.231 e. The standard InChI is InChI=1S/C18H32S4/c1-5-12-22(13-6-2,14-7-3,15-8-4)16-11-21-18(22)17-19-9-10-20-17/h9-11,16H,5-8,12-15H2,1-4H3. The second-order valence-electron chi connectivity index (χ2n) is 6.88. The van der Waals surface area contributed by atoms with Crippen LogP contribution >= 0.6 is 43.6 Å². The molecule has 128 valence electrons. The van der Waals surface area contributed by atoms with Crippen molar-refractivity contribution in [3.05, 3.63) is 30.1 Å². The van der Waals surface area contributed by atoms with Crippen LogP contribution in [0.5, 0.6) is 0 Å². The summed E-state index contributed by atoms with van der Waals surface area (Å²) in [6.45, 7) is 9.61. The van der Waals surface area contributed by atoms with Gasteiger partial charge >= 0.3 is 0 Å². The molecule has 0 saturated heterocycles. The molecule has 0 aromatic rings. The van der Waals surface area contributed by atoms with Gasteiger partial charge in [-0.15, -0.1) is 0 Å². The van der Waals surface area contributed by atoms with Gasteiger partial charge in [0.1, 0.15) is 0 Å². The molecule has 2 aliphatic rings. The summed E-state index contributed by atoms with van der Waals surface area (Å²) in [7, 11) is -2.30. The maximum Gasteiger partial charge on any atom is 0.0666 e. The van der Waals surface area contributed by atoms with E-state index in [4.69, 9.17) is 0 Å². The fourth-order valence-corrected chi connectivity index (χ4v) is 22.0. The SMILES string of the molecule is CCCS1(CCC)(CCC)(CCC)C=CSC1=C1SC=CS1. The Balaban J connectivity index is 2.76. The Morgan fingerprint density at radius 2 is 1.14 bits per heavy atom. The second kappa shape index (κ2) is 6.85. The summed E-state index contributed by atoms with van der Waals surface area (Å²) >= 11 is 6.02. The number of thioether (sulfide) groups is 3. The van der Waals surface area contributed by atoms with Crippen molar-refractivity contribution in [1.82, 2.24) is 0 Å². The number of hydrogen-bond acceptors (Lipinski definition) is 3. The lowest BCUT2D eigenvalue weighted by Gasteiger charge is -2.77. The van der Waals surface area contributed by atoms with Gasteiger partial charge in [0.05, 0.1) is 4.24 Å². The van der Waals surface area contributed by atoms with Crippen LogP contribution in [0.1, 0.15) is 53.4 Å². The summed E-state index contributed by atoms with van der Waals surface area (Å²) in [6.07, 6.45) is 5.25. The maximum atomic E-state index is 2.78. The summed E-state index contributed by atoms with van der Waals surface area (Å²) < 4.78 is 3.40. The van der Waals surface area contributed by atoms with Crippen molar-refractivity contribution in [2.45, 2.75) is 53.4 Å². The molecule has 4 heteroatoms. The molecule has 2 aliphatic heterocycles. The first kappa shape index (κ1) is 19.0. The molecule has 0 saturated carbocycles. The molecule has 22 heavy (non-hydrogen) atoms. The van der Waals surface area contributed by atoms with Gasteiger partial charge in [-0.25, -0.2) is 8.29 Å². The molecule has 0 atom stereocenters. The lowest BCUT2D eigenvalue weighted by Crippen LogP contribution is -2.45. The van der Waals surface area contributed by atoms with Crippen LogP contribution in [0, 0.1) is 0 Å². The van der Waals surface area contributed by atoms with Crippen LogP contribution in [-0.2, 0) is 0 Å². The normalized spacial score (nSPS) is 27.5. The van der Waals surface area contributed by atoms with Gasteiger partial charge in [0.25, 0.3) is 0 Å². The average Bonchev–Trinajstić information content (AvgIpc) is 3.08. The monoisotopic (exact) mass is 376 g/mol. The smallest absolute Gasteiger partial charge is 0.0666 e. The number of rotatable bonds is 8. The van der Waals surface area contributed by atoms with Crippen molar-refractivity contribution >= 4 is 43.6 Å². The molecular formula is C18H32S4. The zero-order valence-corrected chi connectivity index (χ0v) is 17.9. The van der Waals surface area contributed by atoms with Crippen LogP contribution in [0.2, 0.25) is 0 Å². The molecule has 0 unspecified atom stereocenters. The first-order chi connectivity index (χ1) is 10.6. The van der Waals surface area contributed by atoms with Gasteiger partial charge in [0, 0.05) is 4.24 Å². The summed E-state index contributed by atoms with van der Waals surface area (Å²) in [5.41, 5.74) is 0. The van der Waals surface area contributed by atoms with Crippen LogP contribution in [0.4, 0.5) is 0 Å². The van der Waals surface area contributed by atoms with Gasteiger partial charge in [-0.2, -0.15) is 0 Å². The summed E-state index contributed by atoms with van der Waals surface area (Å²) in [5, 5.41) is 9.81. The molecule has 0 fully saturated rings. The fraction of sp³-hybridized carbons (Fsp3) is 0.667. The van der Waals surface area contributed by atoms with E-state index in [1.165, 1.54) is 48.7 Å². The molecule has 0 aliphatic carbocycles. The van der Waals surface area contributed by atoms with Crippen molar-refractivity contribution < 1.29 is 0 Å². The van der Waals surface area contributed by atoms with Crippen molar-refractivity contribution in [2.75, 3.05) is 23.0 Å². The van der Waals surface area contributed by atoms with Gasteiger partial charge in [-0.05, 0) is 70.3 Å². The third-order valence-electron chi connectivity index (χ3n) is 5.32. The van der Waals surface area contributed by atoms with Crippen molar-refractivity contribution in [1.29, 1.82) is 0 Å². The Morgan fingerprint density at radius 3 is 1.55 bits per heavy atom. The molecular weight excluding hydrogens is 344 g/mol. The first-order valence-electron chi connectivity index (χ1n) is 8.66. The van der Waals surface area contributed by atoms with E-state index in [-0.39, 0.29) is 0 Å². The Labute approximate surface area is 149 Å². The molecule has 2 rings (SSSR count). The third kappa shape index (κ3) is 2.66. The van der Waals surface area contributed by atoms with Gasteiger partial charge in [0.2, 0.25) is 0 Å². The molecule has 2 heterocycles. The molecule has 0 nitrogen and oxygen atoms in total. The molecule has 0 bridgehead atoms. The Kier molecular flexibility index (Phi) is 5.90. The summed E-state index contributed by atoms with van der Waals surface area (Å²) in [6, 6.07) is 0. The van der Waals surface area contributed by atoms with Gasteiger partial charge < -0.3 is 0 Å². The highest BCUT2D eigenvalue weighted by atomic mass is 32.4. The molecule has 0 amide bonds. The van der Waals surface area contributed by atoms with Crippen LogP contribution in [0.15, 0.2) is 30.1 Å². The minimum absolute atomic E-state index is 1.31. The Morgan fingerprint density at radius 1 is 0.682 bits per heavy atom. The topological polar surface area (TPSA) is 0 Å². The molecule has 0 aromatic heterocycles. The highest BCUT2D eigenvalue weighted by molar-refractivity contribution is 8.74. The third-order valence-corrected chi connectivity index (χ3v) is 20.2. The minimum atomic E-state index is -2.30. The minimum Gasteiger partial charge on any atom is -0.231 e. The fourth-order valence-electron chi connectivity index (χ4n) is 5.00. The molecule has 0 N–H and O–H groups in total. The zero-order valence-electron chi connectivity index (χ0n) is 14.6. The maximum absolute atomic E-state index is 2.78. The number of hydrogen-bond donors (Lipinski definition) is 0. The zero-order chi connectivity index (χ0) is 16.2. The average molecular weight is 377 g/mol. The summed E-state index contributed by atoms with van der Waals surface area (Å²) in [5.74, 6) is 5.66.